The van der Waals surface area contributed by atoms with Crippen LogP contribution in [-0.4, -0.2) is 9.55 Å². The minimum absolute atomic E-state index is 0.108. The van der Waals surface area contributed by atoms with Gasteiger partial charge >= 0.3 is 0 Å². The number of fused-ring (bicyclic) bond motifs is 1. The monoisotopic (exact) mass is 362 g/mol. The van der Waals surface area contributed by atoms with Gasteiger partial charge in [0.2, 0.25) is 0 Å². The first kappa shape index (κ1) is 16.5. The first-order valence-electron chi connectivity index (χ1n) is 8.17. The lowest BCUT2D eigenvalue weighted by atomic mass is 10.2. The van der Waals surface area contributed by atoms with Crippen LogP contribution in [0.15, 0.2) is 88.8 Å². The van der Waals surface area contributed by atoms with E-state index in [-0.39, 0.29) is 11.4 Å². The Bertz CT molecular complexity index is 1130. The number of benzene rings is 3. The maximum Gasteiger partial charge on any atom is 0.266 e. The molecule has 0 spiro atoms. The maximum atomic E-state index is 13.4. The molecule has 0 bridgehead atoms. The van der Waals surface area contributed by atoms with E-state index in [2.05, 4.69) is 4.98 Å². The van der Waals surface area contributed by atoms with Crippen LogP contribution in [0.1, 0.15) is 5.56 Å². The molecule has 128 valence electrons. The highest BCUT2D eigenvalue weighted by atomic mass is 32.2. The second kappa shape index (κ2) is 7.14. The molecule has 0 radical (unpaired) electrons. The molecule has 4 rings (SSSR count). The Morgan fingerprint density at radius 1 is 0.923 bits per heavy atom. The Hall–Kier alpha value is -2.92. The molecule has 4 aromatic rings. The molecule has 0 saturated carbocycles. The number of hydrogen-bond acceptors (Lipinski definition) is 3. The van der Waals surface area contributed by atoms with Crippen molar-refractivity contribution < 1.29 is 4.39 Å². The van der Waals surface area contributed by atoms with Gasteiger partial charge in [-0.2, -0.15) is 0 Å². The zero-order chi connectivity index (χ0) is 17.9. The fourth-order valence-corrected chi connectivity index (χ4v) is 3.74. The van der Waals surface area contributed by atoms with Crippen molar-refractivity contribution in [1.29, 1.82) is 0 Å². The van der Waals surface area contributed by atoms with E-state index in [1.165, 1.54) is 23.9 Å². The number of aromatic nitrogens is 2. The average Bonchev–Trinajstić information content (AvgIpc) is 2.67. The summed E-state index contributed by atoms with van der Waals surface area (Å²) < 4.78 is 15.0. The summed E-state index contributed by atoms with van der Waals surface area (Å²) in [5, 5.41) is 1.16. The van der Waals surface area contributed by atoms with Crippen LogP contribution in [-0.2, 0) is 5.75 Å². The van der Waals surface area contributed by atoms with Crippen LogP contribution < -0.4 is 5.56 Å². The van der Waals surface area contributed by atoms with Gasteiger partial charge in [0.05, 0.1) is 16.6 Å². The van der Waals surface area contributed by atoms with Gasteiger partial charge in [-0.25, -0.2) is 9.37 Å². The lowest BCUT2D eigenvalue weighted by molar-refractivity contribution is 0.626. The van der Waals surface area contributed by atoms with Crippen molar-refractivity contribution in [3.8, 4) is 5.69 Å². The number of rotatable bonds is 4. The molecule has 5 heteroatoms. The Morgan fingerprint density at radius 3 is 2.50 bits per heavy atom. The molecular weight excluding hydrogens is 347 g/mol. The third kappa shape index (κ3) is 3.26. The van der Waals surface area contributed by atoms with E-state index in [1.807, 2.05) is 54.6 Å². The predicted molar refractivity (Wildman–Crippen MR) is 103 cm³/mol. The molecule has 1 aromatic heterocycles. The summed E-state index contributed by atoms with van der Waals surface area (Å²) in [5.74, 6) is 0.255. The Balaban J connectivity index is 1.83. The normalized spacial score (nSPS) is 11.0. The molecule has 0 unspecified atom stereocenters. The number of thioether (sulfide) groups is 1. The Labute approximate surface area is 154 Å². The molecule has 1 heterocycles. The molecule has 0 saturated heterocycles. The first-order valence-corrected chi connectivity index (χ1v) is 9.15. The van der Waals surface area contributed by atoms with Gasteiger partial charge in [0, 0.05) is 5.75 Å². The SMILES string of the molecule is O=c1c2ccccc2nc(SCc2cccc(F)c2)n1-c1ccccc1. The van der Waals surface area contributed by atoms with E-state index in [1.54, 1.807) is 16.7 Å². The standard InChI is InChI=1S/C21H15FN2OS/c22-16-8-6-7-15(13-16)14-26-21-23-19-12-5-4-11-18(19)20(25)24(21)17-9-2-1-3-10-17/h1-13H,14H2. The number of nitrogens with zero attached hydrogens (tertiary/aromatic N) is 2. The lowest BCUT2D eigenvalue weighted by Crippen LogP contribution is -2.21. The molecule has 0 N–H and O–H groups in total. The highest BCUT2D eigenvalue weighted by Gasteiger charge is 2.13. The number of para-hydroxylation sites is 2. The first-order chi connectivity index (χ1) is 12.7. The van der Waals surface area contributed by atoms with Gasteiger partial charge in [-0.05, 0) is 42.0 Å². The van der Waals surface area contributed by atoms with Gasteiger partial charge in [0.1, 0.15) is 5.82 Å². The summed E-state index contributed by atoms with van der Waals surface area (Å²) in [6.07, 6.45) is 0. The van der Waals surface area contributed by atoms with Crippen LogP contribution in [0.4, 0.5) is 4.39 Å². The summed E-state index contributed by atoms with van der Waals surface area (Å²) in [5.41, 5.74) is 2.16. The van der Waals surface area contributed by atoms with Gasteiger partial charge in [0.25, 0.3) is 5.56 Å². The smallest absolute Gasteiger partial charge is 0.266 e. The minimum Gasteiger partial charge on any atom is -0.268 e. The fraction of sp³-hybridized carbons (Fsp3) is 0.0476. The van der Waals surface area contributed by atoms with Gasteiger partial charge in [-0.15, -0.1) is 0 Å². The highest BCUT2D eigenvalue weighted by Crippen LogP contribution is 2.24. The van der Waals surface area contributed by atoms with E-state index in [9.17, 15) is 9.18 Å². The van der Waals surface area contributed by atoms with Crippen LogP contribution in [0.3, 0.4) is 0 Å². The summed E-state index contributed by atoms with van der Waals surface area (Å²) in [6, 6.07) is 23.2. The topological polar surface area (TPSA) is 34.9 Å². The van der Waals surface area contributed by atoms with Crippen molar-refractivity contribution >= 4 is 22.7 Å². The van der Waals surface area contributed by atoms with E-state index < -0.39 is 0 Å². The Kier molecular flexibility index (Phi) is 4.54. The van der Waals surface area contributed by atoms with Gasteiger partial charge in [-0.3, -0.25) is 9.36 Å². The zero-order valence-corrected chi connectivity index (χ0v) is 14.6. The Morgan fingerprint density at radius 2 is 1.69 bits per heavy atom. The van der Waals surface area contributed by atoms with Crippen LogP contribution in [0.5, 0.6) is 0 Å². The number of halogens is 1. The average molecular weight is 362 g/mol. The highest BCUT2D eigenvalue weighted by molar-refractivity contribution is 7.98. The van der Waals surface area contributed by atoms with Crippen molar-refractivity contribution in [1.82, 2.24) is 9.55 Å². The molecule has 3 nitrogen and oxygen atoms in total. The summed E-state index contributed by atoms with van der Waals surface area (Å²) in [6.45, 7) is 0. The van der Waals surface area contributed by atoms with E-state index in [4.69, 9.17) is 0 Å². The molecule has 0 aliphatic carbocycles. The van der Waals surface area contributed by atoms with Crippen molar-refractivity contribution in [2.45, 2.75) is 10.9 Å². The minimum atomic E-state index is -0.268. The second-order valence-electron chi connectivity index (χ2n) is 5.81. The third-order valence-corrected chi connectivity index (χ3v) is 5.03. The summed E-state index contributed by atoms with van der Waals surface area (Å²) >= 11 is 1.42. The van der Waals surface area contributed by atoms with Gasteiger partial charge in [-0.1, -0.05) is 54.2 Å². The van der Waals surface area contributed by atoms with Crippen molar-refractivity contribution in [2.24, 2.45) is 0 Å². The zero-order valence-electron chi connectivity index (χ0n) is 13.8. The third-order valence-electron chi connectivity index (χ3n) is 4.02. The van der Waals surface area contributed by atoms with Crippen LogP contribution in [0.25, 0.3) is 16.6 Å². The van der Waals surface area contributed by atoms with Crippen LogP contribution >= 0.6 is 11.8 Å². The van der Waals surface area contributed by atoms with Crippen molar-refractivity contribution in [3.05, 3.63) is 101 Å². The lowest BCUT2D eigenvalue weighted by Gasteiger charge is -2.13. The molecule has 3 aromatic carbocycles. The quantitative estimate of drug-likeness (QED) is 0.386. The molecule has 26 heavy (non-hydrogen) atoms. The van der Waals surface area contributed by atoms with Gasteiger partial charge in [0.15, 0.2) is 5.16 Å². The molecule has 0 fully saturated rings. The summed E-state index contributed by atoms with van der Waals surface area (Å²) in [4.78, 5) is 17.7. The molecule has 0 amide bonds. The van der Waals surface area contributed by atoms with E-state index in [0.29, 0.717) is 21.8 Å². The fourth-order valence-electron chi connectivity index (χ4n) is 2.79. The van der Waals surface area contributed by atoms with Gasteiger partial charge < -0.3 is 0 Å². The van der Waals surface area contributed by atoms with Crippen LogP contribution in [0, 0.1) is 5.82 Å². The van der Waals surface area contributed by atoms with Crippen molar-refractivity contribution in [3.63, 3.8) is 0 Å². The molecule has 0 aliphatic heterocycles. The largest absolute Gasteiger partial charge is 0.268 e. The maximum absolute atomic E-state index is 13.4. The summed E-state index contributed by atoms with van der Waals surface area (Å²) in [7, 11) is 0. The number of hydrogen-bond donors (Lipinski definition) is 0. The van der Waals surface area contributed by atoms with Crippen molar-refractivity contribution in [2.75, 3.05) is 0 Å². The molecule has 0 atom stereocenters. The molecule has 0 aliphatic rings. The molecular formula is C21H15FN2OS. The van der Waals surface area contributed by atoms with Crippen LogP contribution in [0.2, 0.25) is 0 Å². The van der Waals surface area contributed by atoms with E-state index >= 15 is 0 Å². The van der Waals surface area contributed by atoms with E-state index in [0.717, 1.165) is 11.3 Å². The predicted octanol–water partition coefficient (Wildman–Crippen LogP) is 4.82. The second-order valence-corrected chi connectivity index (χ2v) is 6.75.